The summed E-state index contributed by atoms with van der Waals surface area (Å²) in [7, 11) is 1.72. The Morgan fingerprint density at radius 1 is 1.64 bits per heavy atom. The van der Waals surface area contributed by atoms with Crippen molar-refractivity contribution in [3.8, 4) is 0 Å². The average molecular weight is 342 g/mol. The van der Waals surface area contributed by atoms with E-state index in [0.29, 0.717) is 11.5 Å². The van der Waals surface area contributed by atoms with Crippen LogP contribution in [0.2, 0.25) is 0 Å². The number of carboxylic acid groups (broad SMARTS) is 1. The lowest BCUT2D eigenvalue weighted by Gasteiger charge is -2.37. The summed E-state index contributed by atoms with van der Waals surface area (Å²) in [5.74, 6) is 0.156. The minimum Gasteiger partial charge on any atom is -0.477 e. The van der Waals surface area contributed by atoms with E-state index in [0.717, 1.165) is 17.3 Å². The van der Waals surface area contributed by atoms with Gasteiger partial charge in [-0.05, 0) is 24.6 Å². The molecule has 1 aromatic heterocycles. The van der Waals surface area contributed by atoms with Gasteiger partial charge in [0.1, 0.15) is 5.70 Å². The molecule has 0 saturated heterocycles. The van der Waals surface area contributed by atoms with Gasteiger partial charge < -0.3 is 20.2 Å². The minimum atomic E-state index is -0.991. The first-order valence-corrected chi connectivity index (χ1v) is 8.71. The molecule has 0 radical (unpaired) electrons. The van der Waals surface area contributed by atoms with E-state index >= 15 is 0 Å². The molecule has 0 saturated carbocycles. The quantitative estimate of drug-likeness (QED) is 0.837. The topological polar surface area (TPSA) is 96.8 Å². The highest BCUT2D eigenvalue weighted by atomic mass is 32.2. The van der Waals surface area contributed by atoms with E-state index in [2.05, 4.69) is 0 Å². The fourth-order valence-corrected chi connectivity index (χ4v) is 4.45. The van der Waals surface area contributed by atoms with Crippen molar-refractivity contribution in [1.29, 1.82) is 0 Å². The Bertz CT molecular complexity index is 584. The second-order valence-corrected chi connectivity index (χ2v) is 7.04. The molecule has 0 amide bonds. The Hall–Kier alpha value is -1.38. The van der Waals surface area contributed by atoms with Crippen LogP contribution < -0.4 is 5.73 Å². The van der Waals surface area contributed by atoms with E-state index < -0.39 is 5.97 Å². The number of carbonyl (C=O) groups excluding carboxylic acids is 1. The van der Waals surface area contributed by atoms with E-state index in [1.165, 1.54) is 6.26 Å². The number of hydrogen-bond donors (Lipinski definition) is 2. The molecule has 6 nitrogen and oxygen atoms in total. The molecule has 2 heterocycles. The molecule has 22 heavy (non-hydrogen) atoms. The highest BCUT2D eigenvalue weighted by Gasteiger charge is 2.32. The second kappa shape index (κ2) is 7.26. The molecule has 0 aromatic carbocycles. The lowest BCUT2D eigenvalue weighted by Crippen LogP contribution is -2.46. The van der Waals surface area contributed by atoms with Gasteiger partial charge >= 0.3 is 5.97 Å². The van der Waals surface area contributed by atoms with Crippen molar-refractivity contribution in [3.63, 3.8) is 0 Å². The van der Waals surface area contributed by atoms with Crippen molar-refractivity contribution >= 4 is 34.6 Å². The van der Waals surface area contributed by atoms with Crippen molar-refractivity contribution in [2.24, 2.45) is 5.73 Å². The van der Waals surface area contributed by atoms with Crippen molar-refractivity contribution in [2.45, 2.75) is 18.3 Å². The van der Waals surface area contributed by atoms with Crippen LogP contribution in [0, 0.1) is 0 Å². The summed E-state index contributed by atoms with van der Waals surface area (Å²) in [6, 6.07) is 3.09. The first-order valence-electron chi connectivity index (χ1n) is 6.67. The minimum absolute atomic E-state index is 0.0828. The maximum absolute atomic E-state index is 11.9. The third kappa shape index (κ3) is 3.68. The molecule has 120 valence electrons. The Morgan fingerprint density at radius 2 is 2.36 bits per heavy atom. The van der Waals surface area contributed by atoms with Gasteiger partial charge in [0.05, 0.1) is 11.6 Å². The average Bonchev–Trinajstić information content (AvgIpc) is 2.97. The van der Waals surface area contributed by atoms with Crippen LogP contribution >= 0.6 is 23.5 Å². The maximum Gasteiger partial charge on any atom is 0.352 e. The van der Waals surface area contributed by atoms with E-state index in [4.69, 9.17) is 10.2 Å². The van der Waals surface area contributed by atoms with Gasteiger partial charge in [-0.1, -0.05) is 11.8 Å². The number of likely N-dealkylation sites (N-methyl/N-ethyl adjacent to an activating group) is 1. The third-order valence-corrected chi connectivity index (χ3v) is 5.81. The van der Waals surface area contributed by atoms with Crippen LogP contribution in [0.5, 0.6) is 0 Å². The lowest BCUT2D eigenvalue weighted by molar-refractivity contribution is -0.134. The van der Waals surface area contributed by atoms with Crippen LogP contribution in [0.15, 0.2) is 34.1 Å². The number of carboxylic acids is 1. The second-order valence-electron chi connectivity index (χ2n) is 4.98. The number of rotatable bonds is 5. The van der Waals surface area contributed by atoms with Crippen LogP contribution in [0.1, 0.15) is 17.5 Å². The zero-order valence-electron chi connectivity index (χ0n) is 12.3. The predicted octanol–water partition coefficient (Wildman–Crippen LogP) is 1.84. The van der Waals surface area contributed by atoms with Crippen LogP contribution in [0.25, 0.3) is 0 Å². The molecule has 2 atom stereocenters. The highest BCUT2D eigenvalue weighted by molar-refractivity contribution is 8.14. The molecule has 2 rings (SSSR count). The molecule has 8 heteroatoms. The van der Waals surface area contributed by atoms with Gasteiger partial charge in [-0.3, -0.25) is 4.79 Å². The van der Waals surface area contributed by atoms with E-state index in [9.17, 15) is 14.7 Å². The predicted molar refractivity (Wildman–Crippen MR) is 87.8 cm³/mol. The fraction of sp³-hybridized carbons (Fsp3) is 0.429. The van der Waals surface area contributed by atoms with Crippen molar-refractivity contribution in [3.05, 3.63) is 35.4 Å². The number of nitrogens with two attached hydrogens (primary N) is 1. The third-order valence-electron chi connectivity index (χ3n) is 3.25. The zero-order chi connectivity index (χ0) is 16.3. The lowest BCUT2D eigenvalue weighted by atomic mass is 10.2. The molecular weight excluding hydrogens is 324 g/mol. The molecule has 1 aromatic rings. The highest BCUT2D eigenvalue weighted by Crippen LogP contribution is 2.33. The molecule has 2 unspecified atom stereocenters. The smallest absolute Gasteiger partial charge is 0.352 e. The molecule has 3 N–H and O–H groups in total. The molecule has 1 aliphatic rings. The van der Waals surface area contributed by atoms with E-state index in [-0.39, 0.29) is 28.0 Å². The van der Waals surface area contributed by atoms with Crippen LogP contribution in [0.3, 0.4) is 0 Å². The van der Waals surface area contributed by atoms with Crippen LogP contribution in [0.4, 0.5) is 0 Å². The number of nitrogens with zero attached hydrogens (tertiary/aromatic N) is 1. The molecule has 0 fully saturated rings. The maximum atomic E-state index is 11.9. The number of carbonyl (C=O) groups is 2. The first kappa shape index (κ1) is 17.0. The van der Waals surface area contributed by atoms with Gasteiger partial charge in [-0.2, -0.15) is 0 Å². The summed E-state index contributed by atoms with van der Waals surface area (Å²) in [6.07, 6.45) is 1.44. The van der Waals surface area contributed by atoms with E-state index in [1.807, 2.05) is 6.92 Å². The molecular formula is C14H18N2O4S2. The summed E-state index contributed by atoms with van der Waals surface area (Å²) in [5, 5.41) is 9.18. The largest absolute Gasteiger partial charge is 0.477 e. The Morgan fingerprint density at radius 3 is 2.91 bits per heavy atom. The summed E-state index contributed by atoms with van der Waals surface area (Å²) in [5.41, 5.74) is 6.86. The van der Waals surface area contributed by atoms with Gasteiger partial charge in [0.2, 0.25) is 0 Å². The standard InChI is InChI=1S/C14H18N2O4S2/c1-8(15)12-16(2)11(13(17)18)9(6-21-12)7-22-14(19)10-4-3-5-20-10/h3-5,8,12H,6-7,15H2,1-2H3,(H,17,18). The van der Waals surface area contributed by atoms with Crippen molar-refractivity contribution in [2.75, 3.05) is 18.6 Å². The fourth-order valence-electron chi connectivity index (χ4n) is 2.28. The zero-order valence-corrected chi connectivity index (χ0v) is 13.9. The summed E-state index contributed by atoms with van der Waals surface area (Å²) in [4.78, 5) is 25.2. The van der Waals surface area contributed by atoms with Crippen molar-refractivity contribution in [1.82, 2.24) is 4.90 Å². The van der Waals surface area contributed by atoms with Gasteiger partial charge in [-0.15, -0.1) is 11.8 Å². The molecule has 0 spiro atoms. The van der Waals surface area contributed by atoms with Gasteiger partial charge in [-0.25, -0.2) is 4.79 Å². The van der Waals surface area contributed by atoms with Gasteiger partial charge in [0.25, 0.3) is 5.12 Å². The van der Waals surface area contributed by atoms with Gasteiger partial charge in [0, 0.05) is 24.6 Å². The van der Waals surface area contributed by atoms with Crippen LogP contribution in [-0.4, -0.2) is 51.1 Å². The Labute approximate surface area is 137 Å². The summed E-state index contributed by atoms with van der Waals surface area (Å²) in [6.45, 7) is 1.85. The van der Waals surface area contributed by atoms with Crippen LogP contribution in [-0.2, 0) is 4.79 Å². The summed E-state index contributed by atoms with van der Waals surface area (Å²) < 4.78 is 5.04. The number of thioether (sulfide) groups is 2. The number of hydrogen-bond acceptors (Lipinski definition) is 7. The normalized spacial score (nSPS) is 20.1. The monoisotopic (exact) mass is 342 g/mol. The number of aliphatic carboxylic acids is 1. The summed E-state index contributed by atoms with van der Waals surface area (Å²) >= 11 is 2.64. The molecule has 1 aliphatic heterocycles. The molecule has 0 bridgehead atoms. The number of furan rings is 1. The first-order chi connectivity index (χ1) is 10.4. The Balaban J connectivity index is 2.13. The van der Waals surface area contributed by atoms with E-state index in [1.54, 1.807) is 35.8 Å². The van der Waals surface area contributed by atoms with Gasteiger partial charge in [0.15, 0.2) is 5.76 Å². The molecule has 0 aliphatic carbocycles. The SMILES string of the molecule is CC(N)C1SCC(CSC(=O)c2ccco2)=C(C(=O)O)N1C. The van der Waals surface area contributed by atoms with Crippen molar-refractivity contribution < 1.29 is 19.1 Å². The Kier molecular flexibility index (Phi) is 5.60.